The normalized spacial score (nSPS) is 12.9. The molecule has 1 unspecified atom stereocenters. The maximum Gasteiger partial charge on any atom is 0.339 e. The molecule has 27 heavy (non-hydrogen) atoms. The third kappa shape index (κ3) is 10.8. The van der Waals surface area contributed by atoms with Crippen LogP contribution in [0.2, 0.25) is 25.7 Å². The minimum absolute atomic E-state index is 0.0147. The lowest BCUT2D eigenvalue weighted by Gasteiger charge is -2.15. The molecule has 0 N–H and O–H groups in total. The molecular weight excluding hydrogens is 364 g/mol. The van der Waals surface area contributed by atoms with Crippen LogP contribution in [0.3, 0.4) is 0 Å². The highest BCUT2D eigenvalue weighted by atomic mass is 28.3. The largest absolute Gasteiger partial charge is 0.467 e. The van der Waals surface area contributed by atoms with Gasteiger partial charge in [-0.15, -0.1) is 0 Å². The van der Waals surface area contributed by atoms with Gasteiger partial charge in [0.05, 0.1) is 12.7 Å². The van der Waals surface area contributed by atoms with Crippen LogP contribution in [0.25, 0.3) is 0 Å². The number of allylic oxidation sites excluding steroid dienone is 1. The smallest absolute Gasteiger partial charge is 0.339 e. The molecule has 1 aromatic rings. The van der Waals surface area contributed by atoms with Gasteiger partial charge in [-0.25, -0.2) is 9.59 Å². The Morgan fingerprint density at radius 2 is 2.04 bits per heavy atom. The van der Waals surface area contributed by atoms with Gasteiger partial charge in [0.25, 0.3) is 0 Å². The van der Waals surface area contributed by atoms with Crippen molar-refractivity contribution < 1.29 is 23.4 Å². The molecule has 0 fully saturated rings. The van der Waals surface area contributed by atoms with Crippen LogP contribution in [0.4, 0.5) is 0 Å². The summed E-state index contributed by atoms with van der Waals surface area (Å²) in [7, 11) is -1.13. The highest BCUT2D eigenvalue weighted by Crippen LogP contribution is 2.23. The van der Waals surface area contributed by atoms with E-state index in [0.717, 1.165) is 12.5 Å². The SMILES string of the molecule is CCOC(=O)C=CCCC(C)c1cc(OCOCC[Si](C)(C)C)cc(=O)o1. The molecule has 0 saturated heterocycles. The Kier molecular flexibility index (Phi) is 10.1. The van der Waals surface area contributed by atoms with Gasteiger partial charge in [0, 0.05) is 32.7 Å². The first-order chi connectivity index (χ1) is 12.7. The van der Waals surface area contributed by atoms with Crippen molar-refractivity contribution >= 4 is 14.0 Å². The predicted molar refractivity (Wildman–Crippen MR) is 108 cm³/mol. The number of carbonyl (C=O) groups excluding carboxylic acids is 1. The molecule has 0 bridgehead atoms. The quantitative estimate of drug-likeness (QED) is 0.172. The summed E-state index contributed by atoms with van der Waals surface area (Å²) in [5.41, 5.74) is -0.446. The van der Waals surface area contributed by atoms with Crippen LogP contribution in [0.1, 0.15) is 38.4 Å². The molecule has 1 atom stereocenters. The molecule has 0 saturated carbocycles. The second-order valence-electron chi connectivity index (χ2n) is 7.63. The average molecular weight is 397 g/mol. The van der Waals surface area contributed by atoms with E-state index in [1.54, 1.807) is 19.1 Å². The van der Waals surface area contributed by atoms with E-state index < -0.39 is 13.7 Å². The highest BCUT2D eigenvalue weighted by molar-refractivity contribution is 6.76. The first-order valence-corrected chi connectivity index (χ1v) is 13.1. The van der Waals surface area contributed by atoms with Gasteiger partial charge in [-0.1, -0.05) is 32.6 Å². The molecule has 0 radical (unpaired) electrons. The van der Waals surface area contributed by atoms with E-state index in [4.69, 9.17) is 18.6 Å². The Labute approximate surface area is 162 Å². The van der Waals surface area contributed by atoms with Crippen LogP contribution in [-0.2, 0) is 14.3 Å². The molecular formula is C20H32O6Si. The molecule has 0 aromatic carbocycles. The Bertz CT molecular complexity index is 659. The zero-order valence-electron chi connectivity index (χ0n) is 17.1. The van der Waals surface area contributed by atoms with E-state index in [9.17, 15) is 9.59 Å². The lowest BCUT2D eigenvalue weighted by atomic mass is 10.0. The summed E-state index contributed by atoms with van der Waals surface area (Å²) in [5, 5.41) is 0. The fourth-order valence-electron chi connectivity index (χ4n) is 2.20. The lowest BCUT2D eigenvalue weighted by molar-refractivity contribution is -0.137. The van der Waals surface area contributed by atoms with Crippen LogP contribution in [0, 0.1) is 0 Å². The summed E-state index contributed by atoms with van der Waals surface area (Å²) in [6, 6.07) is 4.11. The first-order valence-electron chi connectivity index (χ1n) is 9.40. The van der Waals surface area contributed by atoms with Crippen LogP contribution in [0.5, 0.6) is 5.75 Å². The van der Waals surface area contributed by atoms with Crippen molar-refractivity contribution in [3.05, 3.63) is 40.5 Å². The molecule has 1 heterocycles. The van der Waals surface area contributed by atoms with Gasteiger partial charge in [0.15, 0.2) is 6.79 Å². The number of ether oxygens (including phenoxy) is 3. The summed E-state index contributed by atoms with van der Waals surface area (Å²) in [6.07, 6.45) is 4.59. The van der Waals surface area contributed by atoms with E-state index in [1.807, 2.05) is 6.92 Å². The van der Waals surface area contributed by atoms with Crippen LogP contribution < -0.4 is 10.4 Å². The minimum Gasteiger partial charge on any atom is -0.467 e. The van der Waals surface area contributed by atoms with Crippen LogP contribution in [0.15, 0.2) is 33.5 Å². The van der Waals surface area contributed by atoms with Gasteiger partial charge in [-0.05, 0) is 25.8 Å². The second kappa shape index (κ2) is 11.8. The number of hydrogen-bond donors (Lipinski definition) is 0. The molecule has 152 valence electrons. The standard InChI is InChI=1S/C20H32O6Si/c1-6-24-19(21)10-8-7-9-16(2)18-13-17(14-20(22)26-18)25-15-23-11-12-27(3,4)5/h8,10,13-14,16H,6-7,9,11-12,15H2,1-5H3. The number of hydrogen-bond acceptors (Lipinski definition) is 6. The second-order valence-corrected chi connectivity index (χ2v) is 13.2. The van der Waals surface area contributed by atoms with Gasteiger partial charge in [0.1, 0.15) is 11.5 Å². The zero-order chi connectivity index (χ0) is 20.3. The monoisotopic (exact) mass is 396 g/mol. The Morgan fingerprint density at radius 1 is 1.30 bits per heavy atom. The van der Waals surface area contributed by atoms with E-state index in [2.05, 4.69) is 19.6 Å². The van der Waals surface area contributed by atoms with Crippen LogP contribution >= 0.6 is 0 Å². The maximum absolute atomic E-state index is 11.8. The van der Waals surface area contributed by atoms with Gasteiger partial charge < -0.3 is 18.6 Å². The third-order valence-electron chi connectivity index (χ3n) is 3.86. The minimum atomic E-state index is -1.13. The molecule has 1 aromatic heterocycles. The van der Waals surface area contributed by atoms with Gasteiger partial charge in [-0.3, -0.25) is 0 Å². The molecule has 7 heteroatoms. The van der Waals surface area contributed by atoms with Crippen molar-refractivity contribution in [2.75, 3.05) is 20.0 Å². The molecule has 0 spiro atoms. The van der Waals surface area contributed by atoms with Crippen molar-refractivity contribution in [1.82, 2.24) is 0 Å². The number of carbonyl (C=O) groups is 1. The Hall–Kier alpha value is -1.86. The summed E-state index contributed by atoms with van der Waals surface area (Å²) in [4.78, 5) is 23.0. The van der Waals surface area contributed by atoms with Crippen molar-refractivity contribution in [3.8, 4) is 5.75 Å². The summed E-state index contributed by atoms with van der Waals surface area (Å²) >= 11 is 0. The molecule has 0 aliphatic rings. The number of esters is 1. The van der Waals surface area contributed by atoms with E-state index in [-0.39, 0.29) is 18.7 Å². The zero-order valence-corrected chi connectivity index (χ0v) is 18.1. The van der Waals surface area contributed by atoms with E-state index in [0.29, 0.717) is 31.1 Å². The predicted octanol–water partition coefficient (Wildman–Crippen LogP) is 4.33. The highest BCUT2D eigenvalue weighted by Gasteiger charge is 2.13. The summed E-state index contributed by atoms with van der Waals surface area (Å²) in [6.45, 7) is 11.7. The fraction of sp³-hybridized carbons (Fsp3) is 0.600. The maximum atomic E-state index is 11.8. The Balaban J connectivity index is 2.49. The van der Waals surface area contributed by atoms with E-state index in [1.165, 1.54) is 12.1 Å². The molecule has 0 amide bonds. The first kappa shape index (κ1) is 23.2. The van der Waals surface area contributed by atoms with Gasteiger partial charge in [0.2, 0.25) is 0 Å². The summed E-state index contributed by atoms with van der Waals surface area (Å²) in [5.74, 6) is 0.675. The van der Waals surface area contributed by atoms with Gasteiger partial charge in [-0.2, -0.15) is 0 Å². The number of rotatable bonds is 12. The van der Waals surface area contributed by atoms with Crippen molar-refractivity contribution in [3.63, 3.8) is 0 Å². The fourth-order valence-corrected chi connectivity index (χ4v) is 2.96. The topological polar surface area (TPSA) is 75.0 Å². The average Bonchev–Trinajstić information content (AvgIpc) is 2.57. The van der Waals surface area contributed by atoms with Crippen molar-refractivity contribution in [2.45, 2.75) is 58.3 Å². The molecule has 0 aliphatic heterocycles. The summed E-state index contributed by atoms with van der Waals surface area (Å²) < 4.78 is 21.1. The lowest BCUT2D eigenvalue weighted by Crippen LogP contribution is -2.22. The van der Waals surface area contributed by atoms with Crippen molar-refractivity contribution in [2.24, 2.45) is 0 Å². The molecule has 1 rings (SSSR count). The van der Waals surface area contributed by atoms with E-state index >= 15 is 0 Å². The third-order valence-corrected chi connectivity index (χ3v) is 5.57. The van der Waals surface area contributed by atoms with Gasteiger partial charge >= 0.3 is 11.6 Å². The Morgan fingerprint density at radius 3 is 2.70 bits per heavy atom. The van der Waals surface area contributed by atoms with Crippen molar-refractivity contribution in [1.29, 1.82) is 0 Å². The van der Waals surface area contributed by atoms with Crippen LogP contribution in [-0.4, -0.2) is 34.0 Å². The molecule has 0 aliphatic carbocycles. The molecule has 6 nitrogen and oxygen atoms in total.